The number of carbonyl (C=O) groups is 1. The van der Waals surface area contributed by atoms with Gasteiger partial charge in [0.25, 0.3) is 0 Å². The third kappa shape index (κ3) is 3.30. The lowest BCUT2D eigenvalue weighted by Crippen LogP contribution is -2.24. The van der Waals surface area contributed by atoms with Crippen molar-refractivity contribution < 1.29 is 4.79 Å². The number of anilines is 1. The molecule has 2 aromatic heterocycles. The molecule has 3 N–H and O–H groups in total. The number of benzene rings is 1. The highest BCUT2D eigenvalue weighted by Crippen LogP contribution is 2.23. The lowest BCUT2D eigenvalue weighted by Gasteiger charge is -2.12. The Labute approximate surface area is 151 Å². The highest BCUT2D eigenvalue weighted by atomic mass is 16.2. The molecule has 0 aliphatic rings. The number of hydrogen-bond acceptors (Lipinski definition) is 5. The molecule has 26 heavy (non-hydrogen) atoms. The van der Waals surface area contributed by atoms with Crippen LogP contribution in [0.3, 0.4) is 0 Å². The van der Waals surface area contributed by atoms with Crippen LogP contribution in [0.5, 0.6) is 0 Å². The zero-order chi connectivity index (χ0) is 19.0. The molecule has 2 heterocycles. The van der Waals surface area contributed by atoms with Crippen molar-refractivity contribution in [2.45, 2.75) is 19.5 Å². The Bertz CT molecular complexity index is 1010. The number of aryl methyl sites for hydroxylation is 1. The predicted molar refractivity (Wildman–Crippen MR) is 102 cm³/mol. The van der Waals surface area contributed by atoms with Crippen molar-refractivity contribution in [3.8, 4) is 0 Å². The molecule has 0 saturated heterocycles. The van der Waals surface area contributed by atoms with Gasteiger partial charge in [-0.2, -0.15) is 0 Å². The quantitative estimate of drug-likeness (QED) is 0.659. The van der Waals surface area contributed by atoms with Crippen LogP contribution in [-0.2, 0) is 17.9 Å². The van der Waals surface area contributed by atoms with Crippen molar-refractivity contribution in [1.82, 2.24) is 28.9 Å². The van der Waals surface area contributed by atoms with E-state index in [1.165, 1.54) is 0 Å². The number of nitrogens with two attached hydrogens (primary N) is 1. The van der Waals surface area contributed by atoms with E-state index in [9.17, 15) is 9.59 Å². The SMILES string of the molecule is CN(C)CCn1c(=O)[nH]c2cc3nc(N)n(CCC(=O)N(C)C)c3cc21. The Morgan fingerprint density at radius 1 is 1.15 bits per heavy atom. The lowest BCUT2D eigenvalue weighted by atomic mass is 10.2. The van der Waals surface area contributed by atoms with Crippen LogP contribution in [-0.4, -0.2) is 69.5 Å². The minimum Gasteiger partial charge on any atom is -0.369 e. The largest absolute Gasteiger partial charge is 0.369 e. The van der Waals surface area contributed by atoms with Gasteiger partial charge in [0.15, 0.2) is 0 Å². The second-order valence-electron chi connectivity index (χ2n) is 6.90. The number of amides is 1. The number of H-pyrrole nitrogens is 1. The monoisotopic (exact) mass is 359 g/mol. The summed E-state index contributed by atoms with van der Waals surface area (Å²) in [5.41, 5.74) is 8.98. The molecule has 3 rings (SSSR count). The molecular formula is C17H25N7O2. The third-order valence-corrected chi connectivity index (χ3v) is 4.49. The summed E-state index contributed by atoms with van der Waals surface area (Å²) < 4.78 is 3.54. The standard InChI is InChI=1S/C17H25N7O2/c1-21(2)7-8-24-14-10-13-11(9-12(14)20-17(24)26)19-16(18)23(13)6-5-15(25)22(3)4/h9-10H,5-8H2,1-4H3,(H2,18,19)(H,20,26). The number of nitrogen functional groups attached to an aromatic ring is 1. The van der Waals surface area contributed by atoms with Crippen molar-refractivity contribution in [3.05, 3.63) is 22.6 Å². The number of nitrogens with one attached hydrogen (secondary N) is 1. The maximum absolute atomic E-state index is 12.3. The molecule has 0 saturated carbocycles. The van der Waals surface area contributed by atoms with Gasteiger partial charge in [-0.25, -0.2) is 9.78 Å². The Morgan fingerprint density at radius 3 is 2.54 bits per heavy atom. The van der Waals surface area contributed by atoms with E-state index in [0.29, 0.717) is 31.0 Å². The van der Waals surface area contributed by atoms with Gasteiger partial charge in [-0.3, -0.25) is 9.36 Å². The first-order chi connectivity index (χ1) is 12.3. The lowest BCUT2D eigenvalue weighted by molar-refractivity contribution is -0.128. The highest BCUT2D eigenvalue weighted by molar-refractivity contribution is 5.93. The van der Waals surface area contributed by atoms with Crippen LogP contribution in [0.25, 0.3) is 22.1 Å². The molecule has 9 nitrogen and oxygen atoms in total. The van der Waals surface area contributed by atoms with Crippen LogP contribution >= 0.6 is 0 Å². The van der Waals surface area contributed by atoms with E-state index in [0.717, 1.165) is 23.1 Å². The average Bonchev–Trinajstić information content (AvgIpc) is 3.03. The number of hydrogen-bond donors (Lipinski definition) is 2. The van der Waals surface area contributed by atoms with Crippen LogP contribution < -0.4 is 11.4 Å². The zero-order valence-electron chi connectivity index (χ0n) is 15.6. The van der Waals surface area contributed by atoms with Crippen LogP contribution in [0.4, 0.5) is 5.95 Å². The molecule has 0 bridgehead atoms. The Hall–Kier alpha value is -2.81. The second kappa shape index (κ2) is 6.83. The second-order valence-corrected chi connectivity index (χ2v) is 6.90. The zero-order valence-corrected chi connectivity index (χ0v) is 15.6. The van der Waals surface area contributed by atoms with E-state index in [4.69, 9.17) is 5.73 Å². The van der Waals surface area contributed by atoms with Crippen molar-refractivity contribution in [2.24, 2.45) is 0 Å². The van der Waals surface area contributed by atoms with Crippen molar-refractivity contribution in [3.63, 3.8) is 0 Å². The average molecular weight is 359 g/mol. The number of aromatic nitrogens is 4. The summed E-state index contributed by atoms with van der Waals surface area (Å²) in [6, 6.07) is 3.75. The normalized spacial score (nSPS) is 11.7. The number of likely N-dealkylation sites (N-methyl/N-ethyl adjacent to an activating group) is 1. The summed E-state index contributed by atoms with van der Waals surface area (Å²) in [6.07, 6.45) is 0.335. The van der Waals surface area contributed by atoms with Crippen LogP contribution in [0.1, 0.15) is 6.42 Å². The molecular weight excluding hydrogens is 334 g/mol. The number of carbonyl (C=O) groups excluding carboxylic acids is 1. The maximum Gasteiger partial charge on any atom is 0.326 e. The summed E-state index contributed by atoms with van der Waals surface area (Å²) in [4.78, 5) is 35.0. The van der Waals surface area contributed by atoms with Gasteiger partial charge in [0.1, 0.15) is 0 Å². The molecule has 0 aliphatic heterocycles. The summed E-state index contributed by atoms with van der Waals surface area (Å²) >= 11 is 0. The van der Waals surface area contributed by atoms with E-state index in [-0.39, 0.29) is 11.6 Å². The third-order valence-electron chi connectivity index (χ3n) is 4.49. The first-order valence-electron chi connectivity index (χ1n) is 8.51. The summed E-state index contributed by atoms with van der Waals surface area (Å²) in [5, 5.41) is 0. The first kappa shape index (κ1) is 18.0. The van der Waals surface area contributed by atoms with Gasteiger partial charge in [-0.15, -0.1) is 0 Å². The maximum atomic E-state index is 12.3. The minimum atomic E-state index is -0.142. The van der Waals surface area contributed by atoms with Crippen LogP contribution in [0, 0.1) is 0 Å². The number of imidazole rings is 2. The Kier molecular flexibility index (Phi) is 4.73. The topological polar surface area (TPSA) is 105 Å². The molecule has 0 spiro atoms. The van der Waals surface area contributed by atoms with Gasteiger partial charge in [-0.1, -0.05) is 0 Å². The summed E-state index contributed by atoms with van der Waals surface area (Å²) in [7, 11) is 7.39. The summed E-state index contributed by atoms with van der Waals surface area (Å²) in [6.45, 7) is 1.78. The summed E-state index contributed by atoms with van der Waals surface area (Å²) in [5.74, 6) is 0.387. The van der Waals surface area contributed by atoms with E-state index in [1.54, 1.807) is 23.6 Å². The van der Waals surface area contributed by atoms with Gasteiger partial charge in [0.05, 0.1) is 22.1 Å². The molecule has 1 aromatic carbocycles. The van der Waals surface area contributed by atoms with E-state index >= 15 is 0 Å². The van der Waals surface area contributed by atoms with Crippen LogP contribution in [0.15, 0.2) is 16.9 Å². The fourth-order valence-corrected chi connectivity index (χ4v) is 2.98. The van der Waals surface area contributed by atoms with Crippen LogP contribution in [0.2, 0.25) is 0 Å². The number of nitrogens with zero attached hydrogens (tertiary/aromatic N) is 5. The Morgan fingerprint density at radius 2 is 1.88 bits per heavy atom. The van der Waals surface area contributed by atoms with Gasteiger partial charge >= 0.3 is 5.69 Å². The predicted octanol–water partition coefficient (Wildman–Crippen LogP) is 0.301. The minimum absolute atomic E-state index is 0.0249. The molecule has 0 atom stereocenters. The molecule has 0 unspecified atom stereocenters. The fourth-order valence-electron chi connectivity index (χ4n) is 2.98. The first-order valence-corrected chi connectivity index (χ1v) is 8.51. The van der Waals surface area contributed by atoms with E-state index in [2.05, 4.69) is 9.97 Å². The van der Waals surface area contributed by atoms with Gasteiger partial charge in [0.2, 0.25) is 11.9 Å². The fraction of sp³-hybridized carbons (Fsp3) is 0.471. The van der Waals surface area contributed by atoms with E-state index < -0.39 is 0 Å². The Balaban J connectivity index is 2.04. The highest BCUT2D eigenvalue weighted by Gasteiger charge is 2.15. The van der Waals surface area contributed by atoms with Gasteiger partial charge < -0.3 is 25.1 Å². The van der Waals surface area contributed by atoms with Gasteiger partial charge in [-0.05, 0) is 26.2 Å². The smallest absolute Gasteiger partial charge is 0.326 e. The molecule has 3 aromatic rings. The molecule has 1 amide bonds. The number of aromatic amines is 1. The molecule has 0 radical (unpaired) electrons. The number of fused-ring (bicyclic) bond motifs is 2. The molecule has 0 fully saturated rings. The van der Waals surface area contributed by atoms with Crippen molar-refractivity contribution in [2.75, 3.05) is 40.5 Å². The van der Waals surface area contributed by atoms with E-state index in [1.807, 2.05) is 35.7 Å². The number of rotatable bonds is 6. The molecule has 9 heteroatoms. The van der Waals surface area contributed by atoms with Crippen molar-refractivity contribution in [1.29, 1.82) is 0 Å². The van der Waals surface area contributed by atoms with Gasteiger partial charge in [0, 0.05) is 40.2 Å². The van der Waals surface area contributed by atoms with Crippen molar-refractivity contribution >= 4 is 33.9 Å². The molecule has 140 valence electrons. The molecule has 0 aliphatic carbocycles.